The first-order chi connectivity index (χ1) is 9.02. The minimum Gasteiger partial charge on any atom is -0.469 e. The molecule has 19 heavy (non-hydrogen) atoms. The number of aliphatic hydroxyl groups is 1. The van der Waals surface area contributed by atoms with Crippen LogP contribution in [0.3, 0.4) is 0 Å². The molecule has 0 radical (unpaired) electrons. The molecule has 0 bridgehead atoms. The van der Waals surface area contributed by atoms with Crippen molar-refractivity contribution in [2.75, 3.05) is 13.9 Å². The van der Waals surface area contributed by atoms with Gasteiger partial charge in [-0.25, -0.2) is 0 Å². The SMILES string of the molecule is COC(=O)C(C)CC(O)c1cc(Cl)c2c(c1)OCO2. The molecule has 1 aliphatic rings. The van der Waals surface area contributed by atoms with Gasteiger partial charge in [-0.2, -0.15) is 0 Å². The second kappa shape index (κ2) is 5.67. The number of methoxy groups -OCH3 is 1. The number of aliphatic hydroxyl groups excluding tert-OH is 1. The maximum Gasteiger partial charge on any atom is 0.308 e. The monoisotopic (exact) mass is 286 g/mol. The number of rotatable bonds is 4. The van der Waals surface area contributed by atoms with Gasteiger partial charge in [-0.3, -0.25) is 4.79 Å². The quantitative estimate of drug-likeness (QED) is 0.861. The van der Waals surface area contributed by atoms with E-state index in [0.717, 1.165) is 0 Å². The van der Waals surface area contributed by atoms with Crippen LogP contribution < -0.4 is 9.47 Å². The predicted octanol–water partition coefficient (Wildman–Crippen LogP) is 2.30. The molecule has 1 aliphatic heterocycles. The highest BCUT2D eigenvalue weighted by Crippen LogP contribution is 2.41. The lowest BCUT2D eigenvalue weighted by Gasteiger charge is -2.16. The van der Waals surface area contributed by atoms with Crippen LogP contribution in [0.25, 0.3) is 0 Å². The molecule has 0 spiro atoms. The van der Waals surface area contributed by atoms with Crippen LogP contribution >= 0.6 is 11.6 Å². The van der Waals surface area contributed by atoms with E-state index in [0.29, 0.717) is 22.1 Å². The zero-order valence-corrected chi connectivity index (χ0v) is 11.4. The largest absolute Gasteiger partial charge is 0.469 e. The standard InChI is InChI=1S/C13H15ClO5/c1-7(13(16)17-2)3-10(15)8-4-9(14)12-11(5-8)18-6-19-12/h4-5,7,10,15H,3,6H2,1-2H3. The van der Waals surface area contributed by atoms with E-state index < -0.39 is 12.0 Å². The van der Waals surface area contributed by atoms with E-state index in [9.17, 15) is 9.90 Å². The van der Waals surface area contributed by atoms with Crippen LogP contribution in [-0.4, -0.2) is 25.0 Å². The Morgan fingerprint density at radius 2 is 2.26 bits per heavy atom. The molecule has 2 rings (SSSR count). The first kappa shape index (κ1) is 14.0. The van der Waals surface area contributed by atoms with Crippen LogP contribution in [0.2, 0.25) is 5.02 Å². The van der Waals surface area contributed by atoms with E-state index in [4.69, 9.17) is 21.1 Å². The van der Waals surface area contributed by atoms with E-state index in [1.165, 1.54) is 7.11 Å². The maximum absolute atomic E-state index is 11.3. The van der Waals surface area contributed by atoms with Crippen LogP contribution in [0.15, 0.2) is 12.1 Å². The number of halogens is 1. The van der Waals surface area contributed by atoms with Gasteiger partial charge < -0.3 is 19.3 Å². The Hall–Kier alpha value is -1.46. The van der Waals surface area contributed by atoms with Crippen LogP contribution in [-0.2, 0) is 9.53 Å². The molecule has 104 valence electrons. The predicted molar refractivity (Wildman–Crippen MR) is 68.3 cm³/mol. The summed E-state index contributed by atoms with van der Waals surface area (Å²) in [6, 6.07) is 3.28. The highest BCUT2D eigenvalue weighted by molar-refractivity contribution is 6.32. The summed E-state index contributed by atoms with van der Waals surface area (Å²) in [6.07, 6.45) is -0.566. The van der Waals surface area contributed by atoms with E-state index >= 15 is 0 Å². The number of hydrogen-bond acceptors (Lipinski definition) is 5. The molecule has 0 amide bonds. The number of ether oxygens (including phenoxy) is 3. The zero-order chi connectivity index (χ0) is 14.0. The summed E-state index contributed by atoms with van der Waals surface area (Å²) >= 11 is 6.04. The number of hydrogen-bond donors (Lipinski definition) is 1. The van der Waals surface area contributed by atoms with E-state index in [1.807, 2.05) is 0 Å². The Morgan fingerprint density at radius 3 is 2.95 bits per heavy atom. The van der Waals surface area contributed by atoms with Crippen molar-refractivity contribution in [2.45, 2.75) is 19.4 Å². The molecular formula is C13H15ClO5. The van der Waals surface area contributed by atoms with Gasteiger partial charge in [0.25, 0.3) is 0 Å². The van der Waals surface area contributed by atoms with Crippen molar-refractivity contribution in [3.05, 3.63) is 22.7 Å². The molecule has 0 aromatic heterocycles. The average Bonchev–Trinajstić information content (AvgIpc) is 2.86. The summed E-state index contributed by atoms with van der Waals surface area (Å²) in [5.41, 5.74) is 0.588. The molecular weight excluding hydrogens is 272 g/mol. The first-order valence-corrected chi connectivity index (χ1v) is 6.25. The molecule has 0 fully saturated rings. The van der Waals surface area contributed by atoms with Crippen molar-refractivity contribution in [1.29, 1.82) is 0 Å². The van der Waals surface area contributed by atoms with Crippen LogP contribution in [0.1, 0.15) is 25.0 Å². The van der Waals surface area contributed by atoms with Gasteiger partial charge in [0, 0.05) is 0 Å². The minimum absolute atomic E-state index is 0.118. The fourth-order valence-electron chi connectivity index (χ4n) is 1.95. The Balaban J connectivity index is 2.14. The van der Waals surface area contributed by atoms with E-state index in [-0.39, 0.29) is 19.2 Å². The van der Waals surface area contributed by atoms with Crippen molar-refractivity contribution in [1.82, 2.24) is 0 Å². The fraction of sp³-hybridized carbons (Fsp3) is 0.462. The van der Waals surface area contributed by atoms with Gasteiger partial charge in [-0.15, -0.1) is 0 Å². The summed E-state index contributed by atoms with van der Waals surface area (Å²) in [7, 11) is 1.32. The molecule has 5 nitrogen and oxygen atoms in total. The number of carbonyl (C=O) groups excluding carboxylic acids is 1. The minimum atomic E-state index is -0.818. The Labute approximate surface area is 116 Å². The van der Waals surface area contributed by atoms with E-state index in [1.54, 1.807) is 19.1 Å². The Bertz CT molecular complexity index is 488. The van der Waals surface area contributed by atoms with Crippen LogP contribution in [0.5, 0.6) is 11.5 Å². The maximum atomic E-state index is 11.3. The van der Waals surface area contributed by atoms with Crippen molar-refractivity contribution in [3.63, 3.8) is 0 Å². The first-order valence-electron chi connectivity index (χ1n) is 5.88. The number of carbonyl (C=O) groups is 1. The average molecular weight is 287 g/mol. The van der Waals surface area contributed by atoms with Gasteiger partial charge in [0.1, 0.15) is 0 Å². The molecule has 0 aliphatic carbocycles. The third kappa shape index (κ3) is 2.93. The lowest BCUT2D eigenvalue weighted by atomic mass is 9.98. The molecule has 1 aromatic carbocycles. The topological polar surface area (TPSA) is 65.0 Å². The lowest BCUT2D eigenvalue weighted by molar-refractivity contribution is -0.145. The molecule has 0 saturated carbocycles. The fourth-order valence-corrected chi connectivity index (χ4v) is 2.22. The summed E-state index contributed by atoms with van der Waals surface area (Å²) < 4.78 is 15.1. The van der Waals surface area contributed by atoms with Gasteiger partial charge >= 0.3 is 5.97 Å². The molecule has 2 atom stereocenters. The second-order valence-electron chi connectivity index (χ2n) is 4.41. The summed E-state index contributed by atoms with van der Waals surface area (Å²) in [5, 5.41) is 10.5. The van der Waals surface area contributed by atoms with E-state index in [2.05, 4.69) is 4.74 Å². The molecule has 2 unspecified atom stereocenters. The summed E-state index contributed by atoms with van der Waals surface area (Å²) in [6.45, 7) is 1.82. The highest BCUT2D eigenvalue weighted by atomic mass is 35.5. The van der Waals surface area contributed by atoms with Gasteiger partial charge in [0.05, 0.1) is 24.2 Å². The third-order valence-electron chi connectivity index (χ3n) is 3.01. The van der Waals surface area contributed by atoms with Crippen LogP contribution in [0.4, 0.5) is 0 Å². The van der Waals surface area contributed by atoms with Crippen molar-refractivity contribution in [3.8, 4) is 11.5 Å². The normalized spacial score (nSPS) is 16.0. The van der Waals surface area contributed by atoms with Gasteiger partial charge in [0.2, 0.25) is 6.79 Å². The molecule has 6 heteroatoms. The van der Waals surface area contributed by atoms with Crippen molar-refractivity contribution >= 4 is 17.6 Å². The second-order valence-corrected chi connectivity index (χ2v) is 4.82. The Kier molecular flexibility index (Phi) is 4.17. The summed E-state index contributed by atoms with van der Waals surface area (Å²) in [5.74, 6) is 0.237. The molecule has 0 saturated heterocycles. The number of benzene rings is 1. The lowest BCUT2D eigenvalue weighted by Crippen LogP contribution is -2.16. The highest BCUT2D eigenvalue weighted by Gasteiger charge is 2.23. The number of fused-ring (bicyclic) bond motifs is 1. The summed E-state index contributed by atoms with van der Waals surface area (Å²) in [4.78, 5) is 11.3. The zero-order valence-electron chi connectivity index (χ0n) is 10.7. The van der Waals surface area contributed by atoms with Gasteiger partial charge in [-0.05, 0) is 24.1 Å². The van der Waals surface area contributed by atoms with Gasteiger partial charge in [0.15, 0.2) is 11.5 Å². The molecule has 1 aromatic rings. The van der Waals surface area contributed by atoms with Gasteiger partial charge in [-0.1, -0.05) is 18.5 Å². The molecule has 1 heterocycles. The smallest absolute Gasteiger partial charge is 0.308 e. The van der Waals surface area contributed by atoms with Crippen molar-refractivity contribution in [2.24, 2.45) is 5.92 Å². The third-order valence-corrected chi connectivity index (χ3v) is 3.30. The molecule has 1 N–H and O–H groups in total. The Morgan fingerprint density at radius 1 is 1.53 bits per heavy atom. The van der Waals surface area contributed by atoms with Crippen molar-refractivity contribution < 1.29 is 24.1 Å². The number of esters is 1. The van der Waals surface area contributed by atoms with Crippen LogP contribution in [0, 0.1) is 5.92 Å².